The Morgan fingerprint density at radius 1 is 1.10 bits per heavy atom. The van der Waals surface area contributed by atoms with E-state index in [0.717, 1.165) is 6.42 Å². The van der Waals surface area contributed by atoms with Crippen molar-refractivity contribution in [3.8, 4) is 0 Å². The Bertz CT molecular complexity index is 521. The van der Waals surface area contributed by atoms with Gasteiger partial charge >= 0.3 is 0 Å². The lowest BCUT2D eigenvalue weighted by Gasteiger charge is -2.14. The van der Waals surface area contributed by atoms with E-state index < -0.39 is 0 Å². The van der Waals surface area contributed by atoms with Gasteiger partial charge in [0.05, 0.1) is 0 Å². The minimum Gasteiger partial charge on any atom is -0.299 e. The lowest BCUT2D eigenvalue weighted by molar-refractivity contribution is -0.123. The summed E-state index contributed by atoms with van der Waals surface area (Å²) in [4.78, 5) is 24.0. The number of carbonyl (C=O) groups excluding carboxylic acids is 2. The van der Waals surface area contributed by atoms with E-state index in [9.17, 15) is 9.59 Å². The van der Waals surface area contributed by atoms with Crippen LogP contribution in [0.4, 0.5) is 0 Å². The van der Waals surface area contributed by atoms with E-state index in [-0.39, 0.29) is 23.4 Å². The second kappa shape index (κ2) is 7.92. The molecule has 0 N–H and O–H groups in total. The van der Waals surface area contributed by atoms with E-state index in [1.807, 2.05) is 33.8 Å². The molecule has 0 radical (unpaired) electrons. The van der Waals surface area contributed by atoms with Crippen molar-refractivity contribution in [2.45, 2.75) is 47.5 Å². The average Bonchev–Trinajstić information content (AvgIpc) is 2.42. The monoisotopic (exact) mass is 286 g/mol. The number of Topliss-reactive ketones (excluding diaryl/α,β-unsaturated/α-hetero) is 2. The molecule has 0 saturated heterocycles. The summed E-state index contributed by atoms with van der Waals surface area (Å²) in [5.74, 6) is 0.101. The zero-order chi connectivity index (χ0) is 16.0. The number of aryl methyl sites for hydroxylation is 2. The summed E-state index contributed by atoms with van der Waals surface area (Å²) >= 11 is 0. The predicted octanol–water partition coefficient (Wildman–Crippen LogP) is 4.30. The fourth-order valence-electron chi connectivity index (χ4n) is 2.34. The van der Waals surface area contributed by atoms with Crippen molar-refractivity contribution in [2.75, 3.05) is 0 Å². The van der Waals surface area contributed by atoms with Crippen LogP contribution in [0.25, 0.3) is 0 Å². The molecule has 0 aliphatic carbocycles. The molecular formula is C19H26O2. The number of hydrogen-bond acceptors (Lipinski definition) is 2. The smallest absolute Gasteiger partial charge is 0.156 e. The summed E-state index contributed by atoms with van der Waals surface area (Å²) in [5, 5.41) is 0. The van der Waals surface area contributed by atoms with Gasteiger partial charge < -0.3 is 0 Å². The van der Waals surface area contributed by atoms with Crippen molar-refractivity contribution < 1.29 is 9.59 Å². The van der Waals surface area contributed by atoms with Crippen LogP contribution in [0.2, 0.25) is 0 Å². The Morgan fingerprint density at radius 3 is 2.14 bits per heavy atom. The number of benzene rings is 1. The predicted molar refractivity (Wildman–Crippen MR) is 87.3 cm³/mol. The lowest BCUT2D eigenvalue weighted by Crippen LogP contribution is -2.19. The molecule has 0 aliphatic heterocycles. The van der Waals surface area contributed by atoms with Crippen LogP contribution in [0, 0.1) is 18.8 Å². The molecule has 0 aromatic heterocycles. The maximum atomic E-state index is 12.3. The molecule has 0 spiro atoms. The van der Waals surface area contributed by atoms with Gasteiger partial charge in [0.2, 0.25) is 0 Å². The molecule has 2 nitrogen and oxygen atoms in total. The van der Waals surface area contributed by atoms with Crippen LogP contribution in [0.15, 0.2) is 35.9 Å². The number of hydrogen-bond donors (Lipinski definition) is 0. The van der Waals surface area contributed by atoms with E-state index >= 15 is 0 Å². The molecule has 0 heterocycles. The molecule has 2 heteroatoms. The maximum Gasteiger partial charge on any atom is 0.156 e. The molecule has 0 fully saturated rings. The highest BCUT2D eigenvalue weighted by Crippen LogP contribution is 2.18. The van der Waals surface area contributed by atoms with Crippen molar-refractivity contribution in [3.05, 3.63) is 47.0 Å². The van der Waals surface area contributed by atoms with Crippen LogP contribution >= 0.6 is 0 Å². The second-order valence-corrected chi connectivity index (χ2v) is 6.10. The first-order valence-electron chi connectivity index (χ1n) is 7.62. The second-order valence-electron chi connectivity index (χ2n) is 6.10. The SMILES string of the molecule is CC(=O)/C(=C/C(C)C)C(C)C(=O)CCc1ccc(C)cc1. The first kappa shape index (κ1) is 17.4. The van der Waals surface area contributed by atoms with Crippen molar-refractivity contribution in [3.63, 3.8) is 0 Å². The van der Waals surface area contributed by atoms with Crippen molar-refractivity contribution in [1.29, 1.82) is 0 Å². The van der Waals surface area contributed by atoms with Gasteiger partial charge in [-0.1, -0.05) is 56.7 Å². The van der Waals surface area contributed by atoms with Gasteiger partial charge in [-0.3, -0.25) is 9.59 Å². The minimum absolute atomic E-state index is 0.000106. The fraction of sp³-hybridized carbons (Fsp3) is 0.474. The van der Waals surface area contributed by atoms with E-state index in [0.29, 0.717) is 12.0 Å². The molecular weight excluding hydrogens is 260 g/mol. The van der Waals surface area contributed by atoms with E-state index in [1.54, 1.807) is 0 Å². The van der Waals surface area contributed by atoms with Crippen molar-refractivity contribution in [2.24, 2.45) is 11.8 Å². The van der Waals surface area contributed by atoms with E-state index in [1.165, 1.54) is 18.1 Å². The number of allylic oxidation sites excluding steroid dienone is 2. The molecule has 1 aromatic carbocycles. The molecule has 1 rings (SSSR count). The topological polar surface area (TPSA) is 34.1 Å². The molecule has 0 bridgehead atoms. The summed E-state index contributed by atoms with van der Waals surface area (Å²) in [7, 11) is 0. The Labute approximate surface area is 128 Å². The number of carbonyl (C=O) groups is 2. The normalized spacial score (nSPS) is 13.3. The third kappa shape index (κ3) is 5.66. The maximum absolute atomic E-state index is 12.3. The van der Waals surface area contributed by atoms with Gasteiger partial charge in [0.15, 0.2) is 5.78 Å². The van der Waals surface area contributed by atoms with Crippen molar-refractivity contribution >= 4 is 11.6 Å². The van der Waals surface area contributed by atoms with Gasteiger partial charge in [0.25, 0.3) is 0 Å². The number of rotatable bonds is 7. The highest BCUT2D eigenvalue weighted by Gasteiger charge is 2.20. The zero-order valence-electron chi connectivity index (χ0n) is 13.8. The molecule has 1 aromatic rings. The Morgan fingerprint density at radius 2 is 1.67 bits per heavy atom. The Hall–Kier alpha value is -1.70. The Kier molecular flexibility index (Phi) is 6.54. The van der Waals surface area contributed by atoms with Crippen LogP contribution in [-0.2, 0) is 16.0 Å². The zero-order valence-corrected chi connectivity index (χ0v) is 13.8. The molecule has 1 unspecified atom stereocenters. The highest BCUT2D eigenvalue weighted by molar-refractivity contribution is 6.00. The van der Waals surface area contributed by atoms with Crippen LogP contribution in [0.5, 0.6) is 0 Å². The van der Waals surface area contributed by atoms with Gasteiger partial charge in [0.1, 0.15) is 5.78 Å². The lowest BCUT2D eigenvalue weighted by atomic mass is 9.88. The van der Waals surface area contributed by atoms with Gasteiger partial charge in [-0.2, -0.15) is 0 Å². The van der Waals surface area contributed by atoms with Crippen molar-refractivity contribution in [1.82, 2.24) is 0 Å². The first-order valence-corrected chi connectivity index (χ1v) is 7.62. The van der Waals surface area contributed by atoms with Crippen LogP contribution in [0.1, 0.15) is 45.2 Å². The molecule has 114 valence electrons. The largest absolute Gasteiger partial charge is 0.299 e. The third-order valence-corrected chi connectivity index (χ3v) is 3.65. The third-order valence-electron chi connectivity index (χ3n) is 3.65. The molecule has 0 amide bonds. The molecule has 0 aliphatic rings. The summed E-state index contributed by atoms with van der Waals surface area (Å²) in [6, 6.07) is 8.23. The molecule has 21 heavy (non-hydrogen) atoms. The van der Waals surface area contributed by atoms with Gasteiger partial charge in [-0.05, 0) is 31.7 Å². The standard InChI is InChI=1S/C19H26O2/c1-13(2)12-18(16(5)20)15(4)19(21)11-10-17-8-6-14(3)7-9-17/h6-9,12-13,15H,10-11H2,1-5H3/b18-12+. The molecule has 1 atom stereocenters. The minimum atomic E-state index is -0.310. The molecule has 0 saturated carbocycles. The van der Waals surface area contributed by atoms with Crippen LogP contribution in [-0.4, -0.2) is 11.6 Å². The number of ketones is 2. The van der Waals surface area contributed by atoms with Crippen LogP contribution in [0.3, 0.4) is 0 Å². The van der Waals surface area contributed by atoms with Crippen LogP contribution < -0.4 is 0 Å². The summed E-state index contributed by atoms with van der Waals surface area (Å²) in [5.41, 5.74) is 3.04. The summed E-state index contributed by atoms with van der Waals surface area (Å²) in [6.45, 7) is 9.47. The Balaban J connectivity index is 2.69. The quantitative estimate of drug-likeness (QED) is 0.700. The van der Waals surface area contributed by atoms with E-state index in [2.05, 4.69) is 24.3 Å². The average molecular weight is 286 g/mol. The fourth-order valence-corrected chi connectivity index (χ4v) is 2.34. The highest BCUT2D eigenvalue weighted by atomic mass is 16.1. The van der Waals surface area contributed by atoms with Gasteiger partial charge in [-0.25, -0.2) is 0 Å². The first-order chi connectivity index (χ1) is 9.81. The van der Waals surface area contributed by atoms with E-state index in [4.69, 9.17) is 0 Å². The summed E-state index contributed by atoms with van der Waals surface area (Å²) in [6.07, 6.45) is 3.13. The van der Waals surface area contributed by atoms with Gasteiger partial charge in [0, 0.05) is 17.9 Å². The summed E-state index contributed by atoms with van der Waals surface area (Å²) < 4.78 is 0. The van der Waals surface area contributed by atoms with Gasteiger partial charge in [-0.15, -0.1) is 0 Å².